The lowest BCUT2D eigenvalue weighted by molar-refractivity contribution is -0.115. The maximum absolute atomic E-state index is 12.3. The summed E-state index contributed by atoms with van der Waals surface area (Å²) in [7, 11) is 0. The Bertz CT molecular complexity index is 1010. The second kappa shape index (κ2) is 8.80. The van der Waals surface area contributed by atoms with Gasteiger partial charge in [-0.15, -0.1) is 11.3 Å². The molecule has 0 radical (unpaired) electrons. The fourth-order valence-corrected chi connectivity index (χ4v) is 3.58. The lowest BCUT2D eigenvalue weighted by atomic mass is 10.1. The molecule has 28 heavy (non-hydrogen) atoms. The van der Waals surface area contributed by atoms with Crippen molar-refractivity contribution in [3.63, 3.8) is 0 Å². The Kier molecular flexibility index (Phi) is 6.21. The zero-order valence-electron chi connectivity index (χ0n) is 16.1. The Hall–Kier alpha value is -2.99. The fraction of sp³-hybridized carbons (Fsp3) is 0.227. The van der Waals surface area contributed by atoms with Gasteiger partial charge in [-0.3, -0.25) is 4.79 Å². The van der Waals surface area contributed by atoms with Crippen molar-refractivity contribution >= 4 is 28.9 Å². The third-order valence-corrected chi connectivity index (χ3v) is 5.18. The number of aromatic nitrogens is 1. The number of nitrogens with zero attached hydrogens (tertiary/aromatic N) is 1. The minimum atomic E-state index is -0.371. The highest BCUT2D eigenvalue weighted by atomic mass is 32.1. The largest absolute Gasteiger partial charge is 0.456 e. The molecule has 0 aliphatic heterocycles. The van der Waals surface area contributed by atoms with Gasteiger partial charge >= 0.3 is 5.97 Å². The van der Waals surface area contributed by atoms with E-state index < -0.39 is 0 Å². The molecule has 3 rings (SSSR count). The molecule has 0 atom stereocenters. The van der Waals surface area contributed by atoms with Crippen molar-refractivity contribution in [3.8, 4) is 0 Å². The van der Waals surface area contributed by atoms with Crippen LogP contribution in [0.25, 0.3) is 0 Å². The number of amides is 1. The number of benzene rings is 2. The molecule has 2 aromatic carbocycles. The molecule has 1 amide bonds. The van der Waals surface area contributed by atoms with Crippen LogP contribution >= 0.6 is 11.3 Å². The summed E-state index contributed by atoms with van der Waals surface area (Å²) in [5, 5.41) is 5.39. The molecule has 0 fully saturated rings. The first-order chi connectivity index (χ1) is 13.4. The monoisotopic (exact) mass is 394 g/mol. The van der Waals surface area contributed by atoms with E-state index in [1.54, 1.807) is 6.07 Å². The number of nitrogens with one attached hydrogen (secondary N) is 1. The van der Waals surface area contributed by atoms with Gasteiger partial charge in [0.1, 0.15) is 11.6 Å². The van der Waals surface area contributed by atoms with Crippen LogP contribution in [0.3, 0.4) is 0 Å². The van der Waals surface area contributed by atoms with Gasteiger partial charge in [0.25, 0.3) is 0 Å². The van der Waals surface area contributed by atoms with E-state index >= 15 is 0 Å². The van der Waals surface area contributed by atoms with E-state index in [4.69, 9.17) is 4.74 Å². The van der Waals surface area contributed by atoms with E-state index in [1.165, 1.54) is 11.3 Å². The van der Waals surface area contributed by atoms with Gasteiger partial charge in [-0.05, 0) is 44.0 Å². The number of esters is 1. The van der Waals surface area contributed by atoms with E-state index in [2.05, 4.69) is 10.3 Å². The number of hydrogen-bond acceptors (Lipinski definition) is 5. The summed E-state index contributed by atoms with van der Waals surface area (Å²) in [6.45, 7) is 5.90. The minimum absolute atomic E-state index is 0.0854. The van der Waals surface area contributed by atoms with Crippen LogP contribution in [-0.4, -0.2) is 16.9 Å². The van der Waals surface area contributed by atoms with Crippen LogP contribution in [0.2, 0.25) is 0 Å². The number of ether oxygens (including phenoxy) is 1. The Balaban J connectivity index is 1.54. The minimum Gasteiger partial charge on any atom is -0.456 e. The van der Waals surface area contributed by atoms with Crippen molar-refractivity contribution in [2.24, 2.45) is 0 Å². The molecule has 6 heteroatoms. The number of aryl methyl sites for hydroxylation is 3. The highest BCUT2D eigenvalue weighted by Crippen LogP contribution is 2.17. The zero-order chi connectivity index (χ0) is 20.1. The van der Waals surface area contributed by atoms with Crippen molar-refractivity contribution in [1.82, 2.24) is 4.98 Å². The molecule has 0 aliphatic rings. The van der Waals surface area contributed by atoms with E-state index in [-0.39, 0.29) is 24.9 Å². The maximum atomic E-state index is 12.3. The van der Waals surface area contributed by atoms with Gasteiger partial charge in [0.2, 0.25) is 5.91 Å². The SMILES string of the molecule is Cc1ccc(C(=O)OCc2csc(CC(=O)Nc3ccccc3C)n2)c(C)c1. The first-order valence-electron chi connectivity index (χ1n) is 8.95. The molecule has 0 aliphatic carbocycles. The van der Waals surface area contributed by atoms with E-state index in [0.29, 0.717) is 16.3 Å². The second-order valence-corrected chi connectivity index (χ2v) is 7.61. The van der Waals surface area contributed by atoms with E-state index in [1.807, 2.05) is 62.5 Å². The van der Waals surface area contributed by atoms with E-state index in [9.17, 15) is 9.59 Å². The Morgan fingerprint density at radius 1 is 1.07 bits per heavy atom. The molecule has 144 valence electrons. The fourth-order valence-electron chi connectivity index (χ4n) is 2.80. The van der Waals surface area contributed by atoms with Crippen LogP contribution in [0, 0.1) is 20.8 Å². The third kappa shape index (κ3) is 5.04. The smallest absolute Gasteiger partial charge is 0.338 e. The van der Waals surface area contributed by atoms with Crippen LogP contribution in [0.1, 0.15) is 37.7 Å². The van der Waals surface area contributed by atoms with Gasteiger partial charge in [-0.2, -0.15) is 0 Å². The van der Waals surface area contributed by atoms with Gasteiger partial charge in [-0.1, -0.05) is 35.9 Å². The number of para-hydroxylation sites is 1. The Morgan fingerprint density at radius 3 is 2.61 bits per heavy atom. The molecule has 0 bridgehead atoms. The predicted octanol–water partition coefficient (Wildman–Crippen LogP) is 4.61. The first-order valence-corrected chi connectivity index (χ1v) is 9.83. The number of thiazole rings is 1. The normalized spacial score (nSPS) is 10.5. The molecule has 0 saturated heterocycles. The molecule has 0 saturated carbocycles. The highest BCUT2D eigenvalue weighted by molar-refractivity contribution is 7.09. The summed E-state index contributed by atoms with van der Waals surface area (Å²) in [4.78, 5) is 28.9. The van der Waals surface area contributed by atoms with Crippen LogP contribution in [0.4, 0.5) is 5.69 Å². The number of carbonyl (C=O) groups is 2. The number of anilines is 1. The van der Waals surface area contributed by atoms with Crippen molar-refractivity contribution in [3.05, 3.63) is 80.8 Å². The Labute approximate surface area is 168 Å². The number of carbonyl (C=O) groups excluding carboxylic acids is 2. The summed E-state index contributed by atoms with van der Waals surface area (Å²) in [6.07, 6.45) is 0.185. The van der Waals surface area contributed by atoms with Crippen LogP contribution in [-0.2, 0) is 22.6 Å². The quantitative estimate of drug-likeness (QED) is 0.620. The van der Waals surface area contributed by atoms with Gasteiger partial charge in [0.05, 0.1) is 17.7 Å². The van der Waals surface area contributed by atoms with Crippen molar-refractivity contribution in [2.75, 3.05) is 5.32 Å². The van der Waals surface area contributed by atoms with Crippen molar-refractivity contribution in [1.29, 1.82) is 0 Å². The van der Waals surface area contributed by atoms with Crippen LogP contribution in [0.5, 0.6) is 0 Å². The molecule has 3 aromatic rings. The standard InChI is InChI=1S/C22H22N2O3S/c1-14-8-9-18(16(3)10-14)22(26)27-12-17-13-28-21(23-17)11-20(25)24-19-7-5-4-6-15(19)2/h4-10,13H,11-12H2,1-3H3,(H,24,25). The molecule has 0 spiro atoms. The van der Waals surface area contributed by atoms with Gasteiger partial charge in [0, 0.05) is 11.1 Å². The summed E-state index contributed by atoms with van der Waals surface area (Å²) in [5.74, 6) is -0.494. The van der Waals surface area contributed by atoms with Crippen molar-refractivity contribution in [2.45, 2.75) is 33.8 Å². The summed E-state index contributed by atoms with van der Waals surface area (Å²) in [6, 6.07) is 13.2. The summed E-state index contributed by atoms with van der Waals surface area (Å²) < 4.78 is 5.37. The number of hydrogen-bond donors (Lipinski definition) is 1. The molecule has 5 nitrogen and oxygen atoms in total. The molecule has 1 aromatic heterocycles. The molecule has 1 heterocycles. The number of rotatable bonds is 6. The molecular formula is C22H22N2O3S. The second-order valence-electron chi connectivity index (χ2n) is 6.67. The third-order valence-electron chi connectivity index (χ3n) is 4.28. The molecule has 1 N–H and O–H groups in total. The highest BCUT2D eigenvalue weighted by Gasteiger charge is 2.13. The zero-order valence-corrected chi connectivity index (χ0v) is 16.9. The Morgan fingerprint density at radius 2 is 1.86 bits per heavy atom. The first kappa shape index (κ1) is 19.8. The van der Waals surface area contributed by atoms with E-state index in [0.717, 1.165) is 22.4 Å². The lowest BCUT2D eigenvalue weighted by Crippen LogP contribution is -2.15. The molecule has 0 unspecified atom stereocenters. The average molecular weight is 394 g/mol. The predicted molar refractivity (Wildman–Crippen MR) is 111 cm³/mol. The van der Waals surface area contributed by atoms with Crippen LogP contribution in [0.15, 0.2) is 47.8 Å². The molecular weight excluding hydrogens is 372 g/mol. The maximum Gasteiger partial charge on any atom is 0.338 e. The topological polar surface area (TPSA) is 68.3 Å². The lowest BCUT2D eigenvalue weighted by Gasteiger charge is -2.07. The van der Waals surface area contributed by atoms with Gasteiger partial charge in [-0.25, -0.2) is 9.78 Å². The average Bonchev–Trinajstić information content (AvgIpc) is 3.09. The summed E-state index contributed by atoms with van der Waals surface area (Å²) in [5.41, 5.74) is 4.99. The van der Waals surface area contributed by atoms with Gasteiger partial charge in [0.15, 0.2) is 0 Å². The van der Waals surface area contributed by atoms with Crippen LogP contribution < -0.4 is 5.32 Å². The summed E-state index contributed by atoms with van der Waals surface area (Å²) >= 11 is 1.38. The van der Waals surface area contributed by atoms with Gasteiger partial charge < -0.3 is 10.1 Å². The van der Waals surface area contributed by atoms with Crippen molar-refractivity contribution < 1.29 is 14.3 Å².